The predicted octanol–water partition coefficient (Wildman–Crippen LogP) is 2.44. The summed E-state index contributed by atoms with van der Waals surface area (Å²) in [6, 6.07) is 10.2. The Morgan fingerprint density at radius 3 is 2.60 bits per heavy atom. The Morgan fingerprint density at radius 1 is 1.08 bits per heavy atom. The second kappa shape index (κ2) is 6.38. The van der Waals surface area contributed by atoms with Crippen LogP contribution in [0.2, 0.25) is 0 Å². The fourth-order valence-electron chi connectivity index (χ4n) is 3.80. The Hall–Kier alpha value is -1.99. The predicted molar refractivity (Wildman–Crippen MR) is 93.5 cm³/mol. The highest BCUT2D eigenvalue weighted by atomic mass is 32.2. The van der Waals surface area contributed by atoms with Gasteiger partial charge in [0.1, 0.15) is 5.82 Å². The quantitative estimate of drug-likeness (QED) is 0.843. The maximum Gasteiger partial charge on any atom is 0.260 e. The van der Waals surface area contributed by atoms with Gasteiger partial charge in [0.05, 0.1) is 0 Å². The van der Waals surface area contributed by atoms with Gasteiger partial charge in [0, 0.05) is 37.6 Å². The minimum atomic E-state index is -3.52. The minimum absolute atomic E-state index is 0.107. The molecule has 0 unspecified atom stereocenters. The lowest BCUT2D eigenvalue weighted by Gasteiger charge is -2.37. The second-order valence-corrected chi connectivity index (χ2v) is 8.40. The molecule has 132 valence electrons. The van der Waals surface area contributed by atoms with Crippen LogP contribution in [0.3, 0.4) is 0 Å². The third-order valence-electron chi connectivity index (χ3n) is 5.08. The molecule has 1 aromatic heterocycles. The van der Waals surface area contributed by atoms with E-state index < -0.39 is 10.0 Å². The van der Waals surface area contributed by atoms with Crippen LogP contribution in [0, 0.1) is 5.82 Å². The molecule has 0 N–H and O–H groups in total. The van der Waals surface area contributed by atoms with E-state index in [0.717, 1.165) is 37.1 Å². The molecule has 0 spiro atoms. The molecule has 2 aliphatic rings. The van der Waals surface area contributed by atoms with E-state index in [2.05, 4.69) is 9.88 Å². The molecule has 4 rings (SSSR count). The third-order valence-corrected chi connectivity index (χ3v) is 6.89. The fraction of sp³-hybridized carbons (Fsp3) is 0.389. The lowest BCUT2D eigenvalue weighted by molar-refractivity contribution is 0.311. The van der Waals surface area contributed by atoms with E-state index in [1.807, 2.05) is 6.07 Å². The van der Waals surface area contributed by atoms with Gasteiger partial charge in [0.25, 0.3) is 10.0 Å². The van der Waals surface area contributed by atoms with E-state index in [9.17, 15) is 12.8 Å². The average molecular weight is 361 g/mol. The summed E-state index contributed by atoms with van der Waals surface area (Å²) in [5, 5.41) is 0.107. The van der Waals surface area contributed by atoms with Crippen LogP contribution in [0.1, 0.15) is 18.4 Å². The van der Waals surface area contributed by atoms with Gasteiger partial charge in [-0.1, -0.05) is 6.07 Å². The highest BCUT2D eigenvalue weighted by Crippen LogP contribution is 2.33. The van der Waals surface area contributed by atoms with E-state index in [1.54, 1.807) is 18.2 Å². The monoisotopic (exact) mass is 361 g/mol. The molecule has 25 heavy (non-hydrogen) atoms. The summed E-state index contributed by atoms with van der Waals surface area (Å²) in [4.78, 5) is 6.29. The summed E-state index contributed by atoms with van der Waals surface area (Å²) >= 11 is 0. The van der Waals surface area contributed by atoms with Crippen molar-refractivity contribution in [1.82, 2.24) is 9.29 Å². The highest BCUT2D eigenvalue weighted by molar-refractivity contribution is 7.89. The summed E-state index contributed by atoms with van der Waals surface area (Å²) in [6.45, 7) is 1.84. The van der Waals surface area contributed by atoms with Crippen LogP contribution in [0.5, 0.6) is 0 Å². The maximum absolute atomic E-state index is 13.4. The lowest BCUT2D eigenvalue weighted by atomic mass is 10.0. The average Bonchev–Trinajstić information content (AvgIpc) is 3.05. The molecule has 0 saturated carbocycles. The Balaban J connectivity index is 1.46. The van der Waals surface area contributed by atoms with E-state index in [-0.39, 0.29) is 10.8 Å². The van der Waals surface area contributed by atoms with Crippen molar-refractivity contribution in [2.45, 2.75) is 30.3 Å². The number of aromatic nitrogens is 1. The van der Waals surface area contributed by atoms with Crippen molar-refractivity contribution in [1.29, 1.82) is 0 Å². The zero-order valence-electron chi connectivity index (χ0n) is 13.8. The number of pyridine rings is 1. The molecule has 0 radical (unpaired) electrons. The van der Waals surface area contributed by atoms with Crippen LogP contribution in [0.25, 0.3) is 0 Å². The van der Waals surface area contributed by atoms with E-state index >= 15 is 0 Å². The highest BCUT2D eigenvalue weighted by Gasteiger charge is 2.34. The van der Waals surface area contributed by atoms with Gasteiger partial charge >= 0.3 is 0 Å². The first-order chi connectivity index (χ1) is 12.1. The standard InChI is InChI=1S/C18H20FN3O2S/c19-15-4-5-17-14(13-15)6-12-22(17)16-7-10-21(11-8-16)25(23,24)18-3-1-2-9-20-18/h1-5,9,13,16H,6-8,10-12H2. The van der Waals surface area contributed by atoms with E-state index in [0.29, 0.717) is 19.1 Å². The number of piperidine rings is 1. The molecular weight excluding hydrogens is 341 g/mol. The smallest absolute Gasteiger partial charge is 0.260 e. The molecule has 1 fully saturated rings. The Bertz CT molecular complexity index is 865. The summed E-state index contributed by atoms with van der Waals surface area (Å²) in [7, 11) is -3.52. The number of nitrogens with zero attached hydrogens (tertiary/aromatic N) is 3. The number of anilines is 1. The van der Waals surface area contributed by atoms with E-state index in [1.165, 1.54) is 22.6 Å². The normalized spacial score (nSPS) is 19.2. The zero-order valence-corrected chi connectivity index (χ0v) is 14.6. The summed E-state index contributed by atoms with van der Waals surface area (Å²) in [5.74, 6) is -0.197. The van der Waals surface area contributed by atoms with Crippen LogP contribution in [-0.4, -0.2) is 43.4 Å². The van der Waals surface area contributed by atoms with Gasteiger partial charge in [-0.3, -0.25) is 0 Å². The van der Waals surface area contributed by atoms with Crippen molar-refractivity contribution in [3.8, 4) is 0 Å². The van der Waals surface area contributed by atoms with Crippen LogP contribution < -0.4 is 4.90 Å². The fourth-order valence-corrected chi connectivity index (χ4v) is 5.20. The SMILES string of the molecule is O=S(=O)(c1ccccn1)N1CCC(N2CCc3cc(F)ccc32)CC1. The number of halogens is 1. The van der Waals surface area contributed by atoms with Gasteiger partial charge in [-0.25, -0.2) is 17.8 Å². The first-order valence-corrected chi connectivity index (χ1v) is 9.96. The molecule has 1 saturated heterocycles. The molecule has 0 amide bonds. The summed E-state index contributed by atoms with van der Waals surface area (Å²) < 4.78 is 40.2. The topological polar surface area (TPSA) is 53.5 Å². The van der Waals surface area contributed by atoms with Gasteiger partial charge in [0.15, 0.2) is 5.03 Å². The number of benzene rings is 1. The first-order valence-electron chi connectivity index (χ1n) is 8.52. The van der Waals surface area contributed by atoms with Crippen molar-refractivity contribution in [2.24, 2.45) is 0 Å². The number of hydrogen-bond donors (Lipinski definition) is 0. The summed E-state index contributed by atoms with van der Waals surface area (Å²) in [6.07, 6.45) is 3.88. The maximum atomic E-state index is 13.4. The van der Waals surface area contributed by atoms with Gasteiger partial charge in [-0.2, -0.15) is 4.31 Å². The van der Waals surface area contributed by atoms with Gasteiger partial charge in [-0.15, -0.1) is 0 Å². The Morgan fingerprint density at radius 2 is 1.88 bits per heavy atom. The number of rotatable bonds is 3. The molecule has 0 atom stereocenters. The molecule has 0 bridgehead atoms. The molecule has 3 heterocycles. The molecule has 2 aliphatic heterocycles. The number of hydrogen-bond acceptors (Lipinski definition) is 4. The Kier molecular flexibility index (Phi) is 4.21. The number of sulfonamides is 1. The largest absolute Gasteiger partial charge is 0.368 e. The van der Waals surface area contributed by atoms with Crippen molar-refractivity contribution in [3.05, 3.63) is 54.0 Å². The molecule has 7 heteroatoms. The van der Waals surface area contributed by atoms with Crippen LogP contribution in [0.15, 0.2) is 47.6 Å². The summed E-state index contributed by atoms with van der Waals surface area (Å²) in [5.41, 5.74) is 2.14. The van der Waals surface area contributed by atoms with Crippen molar-refractivity contribution in [2.75, 3.05) is 24.5 Å². The molecule has 2 aromatic rings. The van der Waals surface area contributed by atoms with E-state index in [4.69, 9.17) is 0 Å². The van der Waals surface area contributed by atoms with Crippen LogP contribution >= 0.6 is 0 Å². The van der Waals surface area contributed by atoms with Crippen molar-refractivity contribution < 1.29 is 12.8 Å². The first kappa shape index (κ1) is 16.5. The minimum Gasteiger partial charge on any atom is -0.368 e. The van der Waals surface area contributed by atoms with Crippen molar-refractivity contribution in [3.63, 3.8) is 0 Å². The van der Waals surface area contributed by atoms with Gasteiger partial charge in [0.2, 0.25) is 0 Å². The van der Waals surface area contributed by atoms with Crippen LogP contribution in [-0.2, 0) is 16.4 Å². The lowest BCUT2D eigenvalue weighted by Crippen LogP contribution is -2.46. The Labute approximate surface area is 147 Å². The number of fused-ring (bicyclic) bond motifs is 1. The molecule has 1 aromatic carbocycles. The zero-order chi connectivity index (χ0) is 17.4. The molecule has 0 aliphatic carbocycles. The van der Waals surface area contributed by atoms with Gasteiger partial charge in [-0.05, 0) is 55.2 Å². The van der Waals surface area contributed by atoms with Crippen molar-refractivity contribution >= 4 is 15.7 Å². The van der Waals surface area contributed by atoms with Gasteiger partial charge < -0.3 is 4.90 Å². The molecule has 5 nitrogen and oxygen atoms in total. The van der Waals surface area contributed by atoms with Crippen LogP contribution in [0.4, 0.5) is 10.1 Å². The second-order valence-electron chi connectivity index (χ2n) is 6.52. The third kappa shape index (κ3) is 3.02. The molecular formula is C18H20FN3O2S.